The van der Waals surface area contributed by atoms with E-state index < -0.39 is 41.9 Å². The van der Waals surface area contributed by atoms with Gasteiger partial charge in [0.05, 0.1) is 36.0 Å². The molecule has 4 rings (SSSR count). The molecular weight excluding hydrogens is 560 g/mol. The predicted molar refractivity (Wildman–Crippen MR) is 151 cm³/mol. The Morgan fingerprint density at radius 3 is 2.07 bits per heavy atom. The van der Waals surface area contributed by atoms with E-state index in [1.165, 1.54) is 12.5 Å². The summed E-state index contributed by atoms with van der Waals surface area (Å²) < 4.78 is 1.67. The van der Waals surface area contributed by atoms with Crippen LogP contribution in [0.1, 0.15) is 37.8 Å². The molecule has 0 saturated heterocycles. The molecule has 0 spiro atoms. The number of nitrogens with zero attached hydrogens (tertiary/aromatic N) is 6. The maximum atomic E-state index is 10.3. The van der Waals surface area contributed by atoms with Crippen molar-refractivity contribution in [2.45, 2.75) is 37.8 Å². The Labute approximate surface area is 244 Å². The van der Waals surface area contributed by atoms with E-state index >= 15 is 0 Å². The molecule has 0 atom stereocenters. The van der Waals surface area contributed by atoms with Gasteiger partial charge in [0.2, 0.25) is 5.95 Å². The van der Waals surface area contributed by atoms with Gasteiger partial charge >= 0.3 is 17.9 Å². The van der Waals surface area contributed by atoms with Gasteiger partial charge in [0, 0.05) is 16.8 Å². The quantitative estimate of drug-likeness (QED) is 0.155. The summed E-state index contributed by atoms with van der Waals surface area (Å²) in [5.74, 6) is -4.62. The summed E-state index contributed by atoms with van der Waals surface area (Å²) >= 11 is 0. The molecule has 0 fully saturated rings. The molecule has 0 radical (unpaired) electrons. The lowest BCUT2D eigenvalue weighted by atomic mass is 9.94. The summed E-state index contributed by atoms with van der Waals surface area (Å²) in [5.41, 5.74) is 7.49. The Morgan fingerprint density at radius 2 is 1.60 bits per heavy atom. The monoisotopic (exact) mass is 588 g/mol. The molecule has 2 aromatic carbocycles. The zero-order valence-corrected chi connectivity index (χ0v) is 23.0. The summed E-state index contributed by atoms with van der Waals surface area (Å²) in [7, 11) is 0. The molecular formula is C28H28N8O7. The molecule has 2 aromatic heterocycles. The van der Waals surface area contributed by atoms with Crippen molar-refractivity contribution >= 4 is 29.5 Å². The largest absolute Gasteiger partial charge is 0.481 e. The number of carbonyl (C=O) groups is 3. The molecule has 4 aromatic rings. The topological polar surface area (TPSA) is 250 Å². The first-order valence-corrected chi connectivity index (χ1v) is 12.5. The Morgan fingerprint density at radius 1 is 1.00 bits per heavy atom. The third kappa shape index (κ3) is 8.63. The van der Waals surface area contributed by atoms with Crippen LogP contribution >= 0.6 is 0 Å². The van der Waals surface area contributed by atoms with Gasteiger partial charge in [-0.3, -0.25) is 9.59 Å². The minimum Gasteiger partial charge on any atom is -0.481 e. The summed E-state index contributed by atoms with van der Waals surface area (Å²) in [6.07, 6.45) is 2.35. The summed E-state index contributed by atoms with van der Waals surface area (Å²) in [6, 6.07) is 17.5. The average Bonchev–Trinajstić information content (AvgIpc) is 3.48. The van der Waals surface area contributed by atoms with Crippen molar-refractivity contribution in [3.8, 4) is 23.0 Å². The fourth-order valence-electron chi connectivity index (χ4n) is 3.68. The number of benzene rings is 2. The van der Waals surface area contributed by atoms with Crippen molar-refractivity contribution in [3.05, 3.63) is 78.5 Å². The maximum absolute atomic E-state index is 10.3. The number of aliphatic hydroxyl groups is 1. The highest BCUT2D eigenvalue weighted by molar-refractivity contribution is 5.88. The van der Waals surface area contributed by atoms with E-state index in [1.54, 1.807) is 11.0 Å². The molecule has 0 aliphatic rings. The van der Waals surface area contributed by atoms with Crippen molar-refractivity contribution in [2.24, 2.45) is 5.73 Å². The van der Waals surface area contributed by atoms with Gasteiger partial charge in [0.1, 0.15) is 18.7 Å². The Kier molecular flexibility index (Phi) is 9.83. The SMILES string of the molecule is CC(C)(N)c1ccc(-c2nc(Nc3ccc(-n4cncn4)cc3)ncc2C#N)cc1.O=C(O)CC(O)(CC(=O)O)C(=O)O. The van der Waals surface area contributed by atoms with Gasteiger partial charge in [-0.2, -0.15) is 10.4 Å². The number of anilines is 2. The van der Waals surface area contributed by atoms with Crippen LogP contribution < -0.4 is 11.1 Å². The standard InChI is InChI=1S/C22H20N8.C6H8O7/c1-22(2,24)17-5-3-15(4-6-17)20-16(11-23)12-26-21(29-20)28-18-7-9-19(10-8-18)30-14-25-13-27-30;7-3(8)1-6(13,5(11)12)2-4(9)10/h3-10,12-14H,24H2,1-2H3,(H,26,28,29);13H,1-2H2,(H,7,8)(H,9,10)(H,11,12). The summed E-state index contributed by atoms with van der Waals surface area (Å²) in [5, 5.41) is 50.6. The highest BCUT2D eigenvalue weighted by Gasteiger charge is 2.40. The number of carboxylic acid groups (broad SMARTS) is 3. The van der Waals surface area contributed by atoms with Crippen LogP contribution in [-0.4, -0.2) is 68.7 Å². The lowest BCUT2D eigenvalue weighted by Crippen LogP contribution is -2.42. The minimum absolute atomic E-state index is 0.403. The number of rotatable bonds is 10. The van der Waals surface area contributed by atoms with Crippen LogP contribution in [-0.2, 0) is 19.9 Å². The van der Waals surface area contributed by atoms with Gasteiger partial charge < -0.3 is 31.5 Å². The number of nitriles is 1. The van der Waals surface area contributed by atoms with Crippen LogP contribution in [0.25, 0.3) is 16.9 Å². The van der Waals surface area contributed by atoms with Crippen molar-refractivity contribution < 1.29 is 34.8 Å². The van der Waals surface area contributed by atoms with E-state index in [4.69, 9.17) is 26.2 Å². The summed E-state index contributed by atoms with van der Waals surface area (Å²) in [4.78, 5) is 43.3. The lowest BCUT2D eigenvalue weighted by Gasteiger charge is -2.19. The van der Waals surface area contributed by atoms with Crippen LogP contribution in [0.2, 0.25) is 0 Å². The molecule has 15 nitrogen and oxygen atoms in total. The Hall–Kier alpha value is -5.72. The Bertz CT molecular complexity index is 1610. The van der Waals surface area contributed by atoms with E-state index in [-0.39, 0.29) is 0 Å². The molecule has 0 aliphatic carbocycles. The molecule has 0 amide bonds. The highest BCUT2D eigenvalue weighted by Crippen LogP contribution is 2.26. The fourth-order valence-corrected chi connectivity index (χ4v) is 3.68. The van der Waals surface area contributed by atoms with Crippen LogP contribution in [0.5, 0.6) is 0 Å². The number of hydrogen-bond donors (Lipinski definition) is 6. The number of aromatic nitrogens is 5. The van der Waals surface area contributed by atoms with Gasteiger partial charge in [0.15, 0.2) is 5.60 Å². The normalized spacial score (nSPS) is 11.0. The Balaban J connectivity index is 0.000000331. The van der Waals surface area contributed by atoms with Crippen molar-refractivity contribution in [1.82, 2.24) is 24.7 Å². The van der Waals surface area contributed by atoms with E-state index in [9.17, 15) is 19.6 Å². The van der Waals surface area contributed by atoms with Gasteiger partial charge in [0.25, 0.3) is 0 Å². The molecule has 43 heavy (non-hydrogen) atoms. The third-order valence-electron chi connectivity index (χ3n) is 5.90. The second-order valence-corrected chi connectivity index (χ2v) is 9.86. The van der Waals surface area contributed by atoms with Gasteiger partial charge in [-0.05, 0) is 43.7 Å². The molecule has 0 unspecified atom stereocenters. The number of nitrogens with two attached hydrogens (primary N) is 1. The van der Waals surface area contributed by atoms with Crippen LogP contribution in [0.4, 0.5) is 11.6 Å². The van der Waals surface area contributed by atoms with Gasteiger partial charge in [-0.15, -0.1) is 0 Å². The van der Waals surface area contributed by atoms with Crippen LogP contribution in [0.3, 0.4) is 0 Å². The number of carboxylic acids is 3. The van der Waals surface area contributed by atoms with E-state index in [2.05, 4.69) is 31.4 Å². The first-order valence-electron chi connectivity index (χ1n) is 12.5. The van der Waals surface area contributed by atoms with Crippen LogP contribution in [0, 0.1) is 11.3 Å². The second-order valence-electron chi connectivity index (χ2n) is 9.86. The first-order chi connectivity index (χ1) is 20.2. The fraction of sp³-hybridized carbons (Fsp3) is 0.214. The second kappa shape index (κ2) is 13.3. The predicted octanol–water partition coefficient (Wildman–Crippen LogP) is 2.28. The molecule has 222 valence electrons. The number of hydrogen-bond acceptors (Lipinski definition) is 11. The summed E-state index contributed by atoms with van der Waals surface area (Å²) in [6.45, 7) is 3.90. The average molecular weight is 589 g/mol. The number of nitrogens with one attached hydrogen (secondary N) is 1. The third-order valence-corrected chi connectivity index (χ3v) is 5.90. The highest BCUT2D eigenvalue weighted by atomic mass is 16.4. The molecule has 0 saturated carbocycles. The first kappa shape index (κ1) is 31.8. The minimum atomic E-state index is -2.74. The van der Waals surface area contributed by atoms with E-state index in [0.717, 1.165) is 22.5 Å². The van der Waals surface area contributed by atoms with Crippen molar-refractivity contribution in [3.63, 3.8) is 0 Å². The molecule has 0 aliphatic heterocycles. The number of aliphatic carboxylic acids is 3. The smallest absolute Gasteiger partial charge is 0.336 e. The van der Waals surface area contributed by atoms with Gasteiger partial charge in [-0.25, -0.2) is 24.4 Å². The zero-order valence-electron chi connectivity index (χ0n) is 23.0. The lowest BCUT2D eigenvalue weighted by molar-refractivity contribution is -0.170. The van der Waals surface area contributed by atoms with Crippen molar-refractivity contribution in [2.75, 3.05) is 5.32 Å². The maximum Gasteiger partial charge on any atom is 0.336 e. The van der Waals surface area contributed by atoms with Gasteiger partial charge in [-0.1, -0.05) is 24.3 Å². The van der Waals surface area contributed by atoms with E-state index in [0.29, 0.717) is 17.2 Å². The van der Waals surface area contributed by atoms with Crippen LogP contribution in [0.15, 0.2) is 67.4 Å². The zero-order chi connectivity index (χ0) is 31.8. The van der Waals surface area contributed by atoms with Crippen molar-refractivity contribution in [1.29, 1.82) is 5.26 Å². The molecule has 2 heterocycles. The molecule has 7 N–H and O–H groups in total. The molecule has 0 bridgehead atoms. The molecule has 15 heteroatoms. The van der Waals surface area contributed by atoms with E-state index in [1.807, 2.05) is 62.4 Å².